The maximum absolute atomic E-state index is 12.4. The lowest BCUT2D eigenvalue weighted by Gasteiger charge is -2.18. The van der Waals surface area contributed by atoms with E-state index in [2.05, 4.69) is 18.3 Å². The molecule has 1 aromatic carbocycles. The molecule has 0 aliphatic carbocycles. The van der Waals surface area contributed by atoms with Crippen LogP contribution in [0, 0.1) is 19.8 Å². The second-order valence-corrected chi connectivity index (χ2v) is 5.28. The third-order valence-electron chi connectivity index (χ3n) is 3.68. The number of aryl methyl sites for hydroxylation is 2. The van der Waals surface area contributed by atoms with Gasteiger partial charge in [-0.25, -0.2) is 0 Å². The Kier molecular flexibility index (Phi) is 4.02. The van der Waals surface area contributed by atoms with Crippen LogP contribution in [0.25, 0.3) is 0 Å². The molecule has 1 aromatic rings. The normalized spacial score (nSPS) is 19.3. The number of benzene rings is 1. The Labute approximate surface area is 109 Å². The zero-order valence-electron chi connectivity index (χ0n) is 11.5. The van der Waals surface area contributed by atoms with Crippen LogP contribution in [-0.2, 0) is 0 Å². The predicted molar refractivity (Wildman–Crippen MR) is 73.9 cm³/mol. The van der Waals surface area contributed by atoms with E-state index in [0.717, 1.165) is 37.2 Å². The number of nitrogens with one attached hydrogen (secondary N) is 1. The summed E-state index contributed by atoms with van der Waals surface area (Å²) in [6, 6.07) is 6.05. The molecule has 18 heavy (non-hydrogen) atoms. The van der Waals surface area contributed by atoms with Crippen molar-refractivity contribution >= 4 is 5.91 Å². The van der Waals surface area contributed by atoms with Crippen molar-refractivity contribution in [2.24, 2.45) is 5.92 Å². The molecule has 1 N–H and O–H groups in total. The predicted octanol–water partition coefficient (Wildman–Crippen LogP) is 1.98. The lowest BCUT2D eigenvalue weighted by atomic mass is 10.0. The van der Waals surface area contributed by atoms with Crippen LogP contribution in [-0.4, -0.2) is 37.5 Å². The average molecular weight is 246 g/mol. The van der Waals surface area contributed by atoms with Gasteiger partial charge in [0.2, 0.25) is 0 Å². The van der Waals surface area contributed by atoms with Crippen molar-refractivity contribution in [3.63, 3.8) is 0 Å². The lowest BCUT2D eigenvalue weighted by Crippen LogP contribution is -2.30. The highest BCUT2D eigenvalue weighted by molar-refractivity contribution is 5.95. The van der Waals surface area contributed by atoms with Gasteiger partial charge < -0.3 is 10.2 Å². The van der Waals surface area contributed by atoms with E-state index >= 15 is 0 Å². The van der Waals surface area contributed by atoms with Crippen LogP contribution in [0.2, 0.25) is 0 Å². The first-order valence-electron chi connectivity index (χ1n) is 6.63. The number of carbonyl (C=O) groups is 1. The van der Waals surface area contributed by atoms with Gasteiger partial charge in [-0.1, -0.05) is 17.7 Å². The lowest BCUT2D eigenvalue weighted by molar-refractivity contribution is 0.0786. The zero-order chi connectivity index (χ0) is 13.1. The van der Waals surface area contributed by atoms with E-state index in [1.165, 1.54) is 5.56 Å². The highest BCUT2D eigenvalue weighted by Crippen LogP contribution is 2.20. The number of nitrogens with zero attached hydrogens (tertiary/aromatic N) is 1. The van der Waals surface area contributed by atoms with Crippen LogP contribution in [0.1, 0.15) is 27.9 Å². The number of amides is 1. The van der Waals surface area contributed by atoms with Gasteiger partial charge in [-0.2, -0.15) is 0 Å². The Morgan fingerprint density at radius 2 is 2.22 bits per heavy atom. The Morgan fingerprint density at radius 1 is 1.44 bits per heavy atom. The summed E-state index contributed by atoms with van der Waals surface area (Å²) in [6.07, 6.45) is 1.11. The summed E-state index contributed by atoms with van der Waals surface area (Å²) in [5.41, 5.74) is 3.14. The minimum atomic E-state index is 0.186. The van der Waals surface area contributed by atoms with Gasteiger partial charge in [0.25, 0.3) is 5.91 Å². The fraction of sp³-hybridized carbons (Fsp3) is 0.533. The molecule has 0 saturated carbocycles. The molecule has 3 nitrogen and oxygen atoms in total. The molecule has 1 atom stereocenters. The summed E-state index contributed by atoms with van der Waals surface area (Å²) >= 11 is 0. The molecular formula is C15H22N2O. The van der Waals surface area contributed by atoms with Crippen LogP contribution >= 0.6 is 0 Å². The Bertz CT molecular complexity index is 442. The van der Waals surface area contributed by atoms with Gasteiger partial charge in [0.1, 0.15) is 0 Å². The molecule has 1 amide bonds. The van der Waals surface area contributed by atoms with E-state index in [1.54, 1.807) is 0 Å². The van der Waals surface area contributed by atoms with Crippen molar-refractivity contribution < 1.29 is 4.79 Å². The molecule has 0 spiro atoms. The van der Waals surface area contributed by atoms with Crippen molar-refractivity contribution in [3.8, 4) is 0 Å². The Balaban J connectivity index is 2.08. The molecule has 1 fully saturated rings. The average Bonchev–Trinajstić information content (AvgIpc) is 2.77. The fourth-order valence-corrected chi connectivity index (χ4v) is 2.70. The maximum Gasteiger partial charge on any atom is 0.254 e. The monoisotopic (exact) mass is 246 g/mol. The van der Waals surface area contributed by atoms with Gasteiger partial charge in [0.05, 0.1) is 0 Å². The quantitative estimate of drug-likeness (QED) is 0.884. The molecule has 1 aliphatic heterocycles. The Morgan fingerprint density at radius 3 is 2.89 bits per heavy atom. The molecule has 98 valence electrons. The second kappa shape index (κ2) is 5.53. The van der Waals surface area contributed by atoms with E-state index in [-0.39, 0.29) is 5.91 Å². The molecule has 2 rings (SSSR count). The SMILES string of the molecule is CNC[C@@H]1CCN(C(=O)c2ccc(C)cc2C)C1. The van der Waals surface area contributed by atoms with Crippen LogP contribution in [0.5, 0.6) is 0 Å². The molecule has 1 heterocycles. The topological polar surface area (TPSA) is 32.3 Å². The summed E-state index contributed by atoms with van der Waals surface area (Å²) in [7, 11) is 1.97. The summed E-state index contributed by atoms with van der Waals surface area (Å²) in [4.78, 5) is 14.4. The number of carbonyl (C=O) groups excluding carboxylic acids is 1. The standard InChI is InChI=1S/C15H22N2O/c1-11-4-5-14(12(2)8-11)15(18)17-7-6-13(10-17)9-16-3/h4-5,8,13,16H,6-7,9-10H2,1-3H3/t13-/m0/s1. The van der Waals surface area contributed by atoms with Crippen LogP contribution in [0.3, 0.4) is 0 Å². The van der Waals surface area contributed by atoms with Crippen molar-refractivity contribution in [2.75, 3.05) is 26.7 Å². The first-order valence-corrected chi connectivity index (χ1v) is 6.63. The largest absolute Gasteiger partial charge is 0.338 e. The Hall–Kier alpha value is -1.35. The second-order valence-electron chi connectivity index (χ2n) is 5.28. The number of rotatable bonds is 3. The van der Waals surface area contributed by atoms with Crippen molar-refractivity contribution in [3.05, 3.63) is 34.9 Å². The number of hydrogen-bond acceptors (Lipinski definition) is 2. The van der Waals surface area contributed by atoms with Crippen molar-refractivity contribution in [2.45, 2.75) is 20.3 Å². The van der Waals surface area contributed by atoms with E-state index in [1.807, 2.05) is 31.0 Å². The summed E-state index contributed by atoms with van der Waals surface area (Å²) in [6.45, 7) is 6.84. The minimum absolute atomic E-state index is 0.186. The molecule has 0 aromatic heterocycles. The van der Waals surface area contributed by atoms with Crippen LogP contribution in [0.15, 0.2) is 18.2 Å². The first kappa shape index (κ1) is 13.1. The van der Waals surface area contributed by atoms with Gasteiger partial charge in [-0.3, -0.25) is 4.79 Å². The van der Waals surface area contributed by atoms with Crippen molar-refractivity contribution in [1.29, 1.82) is 0 Å². The van der Waals surface area contributed by atoms with Crippen LogP contribution < -0.4 is 5.32 Å². The molecule has 3 heteroatoms. The van der Waals surface area contributed by atoms with E-state index in [0.29, 0.717) is 5.92 Å². The molecule has 0 radical (unpaired) electrons. The number of hydrogen-bond donors (Lipinski definition) is 1. The van der Waals surface area contributed by atoms with Gasteiger partial charge in [-0.15, -0.1) is 0 Å². The van der Waals surface area contributed by atoms with Gasteiger partial charge in [0.15, 0.2) is 0 Å². The van der Waals surface area contributed by atoms with E-state index in [9.17, 15) is 4.79 Å². The molecular weight excluding hydrogens is 224 g/mol. The third-order valence-corrected chi connectivity index (χ3v) is 3.68. The smallest absolute Gasteiger partial charge is 0.254 e. The highest BCUT2D eigenvalue weighted by atomic mass is 16.2. The van der Waals surface area contributed by atoms with Gasteiger partial charge in [-0.05, 0) is 51.4 Å². The summed E-state index contributed by atoms with van der Waals surface area (Å²) in [5.74, 6) is 0.788. The first-order chi connectivity index (χ1) is 8.61. The van der Waals surface area contributed by atoms with Crippen molar-refractivity contribution in [1.82, 2.24) is 10.2 Å². The summed E-state index contributed by atoms with van der Waals surface area (Å²) in [5, 5.41) is 3.19. The third kappa shape index (κ3) is 2.72. The minimum Gasteiger partial charge on any atom is -0.338 e. The molecule has 0 bridgehead atoms. The highest BCUT2D eigenvalue weighted by Gasteiger charge is 2.26. The van der Waals surface area contributed by atoms with E-state index in [4.69, 9.17) is 0 Å². The van der Waals surface area contributed by atoms with E-state index < -0.39 is 0 Å². The molecule has 1 aliphatic rings. The maximum atomic E-state index is 12.4. The zero-order valence-corrected chi connectivity index (χ0v) is 11.5. The number of likely N-dealkylation sites (tertiary alicyclic amines) is 1. The molecule has 0 unspecified atom stereocenters. The van der Waals surface area contributed by atoms with Gasteiger partial charge >= 0.3 is 0 Å². The van der Waals surface area contributed by atoms with Crippen LogP contribution in [0.4, 0.5) is 0 Å². The molecule has 1 saturated heterocycles. The fourth-order valence-electron chi connectivity index (χ4n) is 2.70. The summed E-state index contributed by atoms with van der Waals surface area (Å²) < 4.78 is 0. The van der Waals surface area contributed by atoms with Gasteiger partial charge in [0, 0.05) is 18.7 Å².